The molecule has 184 valence electrons. The van der Waals surface area contributed by atoms with Crippen LogP contribution in [-0.4, -0.2) is 83.4 Å². The number of urea groups is 1. The zero-order chi connectivity index (χ0) is 24.1. The number of anilines is 1. The summed E-state index contributed by atoms with van der Waals surface area (Å²) < 4.78 is 0. The van der Waals surface area contributed by atoms with Crippen LogP contribution in [0.3, 0.4) is 0 Å². The van der Waals surface area contributed by atoms with Crippen molar-refractivity contribution in [1.82, 2.24) is 25.6 Å². The molecule has 1 saturated carbocycles. The highest BCUT2D eigenvalue weighted by molar-refractivity contribution is 6.08. The lowest BCUT2D eigenvalue weighted by atomic mass is 9.82. The van der Waals surface area contributed by atoms with Crippen LogP contribution in [0, 0.1) is 0 Å². The lowest BCUT2D eigenvalue weighted by molar-refractivity contribution is -0.140. The summed E-state index contributed by atoms with van der Waals surface area (Å²) in [5.41, 5.74) is 3.59. The third-order valence-electron chi connectivity index (χ3n) is 6.98. The summed E-state index contributed by atoms with van der Waals surface area (Å²) in [6, 6.07) is 7.24. The Morgan fingerprint density at radius 1 is 0.941 bits per heavy atom. The Hall–Kier alpha value is -2.98. The van der Waals surface area contributed by atoms with Crippen molar-refractivity contribution in [1.29, 1.82) is 0 Å². The summed E-state index contributed by atoms with van der Waals surface area (Å²) in [5.74, 6) is -0.799. The lowest BCUT2D eigenvalue weighted by Gasteiger charge is -2.34. The average molecular weight is 471 g/mol. The van der Waals surface area contributed by atoms with Gasteiger partial charge in [0.1, 0.15) is 5.54 Å². The first-order chi connectivity index (χ1) is 16.4. The van der Waals surface area contributed by atoms with Gasteiger partial charge < -0.3 is 10.6 Å². The van der Waals surface area contributed by atoms with E-state index in [9.17, 15) is 19.2 Å². The number of hydrazine groups is 1. The number of rotatable bonds is 7. The van der Waals surface area contributed by atoms with Crippen LogP contribution < -0.4 is 16.1 Å². The van der Waals surface area contributed by atoms with Crippen LogP contribution in [0.5, 0.6) is 0 Å². The minimum absolute atomic E-state index is 0.0534. The van der Waals surface area contributed by atoms with Crippen molar-refractivity contribution in [3.8, 4) is 0 Å². The maximum atomic E-state index is 12.8. The SMILES string of the molecule is CCc1ccccc1NC(=O)CN1CCN(CC(=O)NN2C(=O)NC3(CCCCC3)C2=O)CC1. The minimum atomic E-state index is -0.855. The van der Waals surface area contributed by atoms with E-state index in [0.29, 0.717) is 45.6 Å². The van der Waals surface area contributed by atoms with E-state index in [1.807, 2.05) is 29.2 Å². The van der Waals surface area contributed by atoms with Gasteiger partial charge in [-0.25, -0.2) is 4.79 Å². The van der Waals surface area contributed by atoms with Crippen LogP contribution in [0.15, 0.2) is 24.3 Å². The molecule has 3 N–H and O–H groups in total. The molecule has 3 fully saturated rings. The van der Waals surface area contributed by atoms with Gasteiger partial charge in [0.2, 0.25) is 5.91 Å². The maximum Gasteiger partial charge on any atom is 0.344 e. The standard InChI is InChI=1S/C24H34N6O4/c1-2-18-8-4-5-9-19(18)25-20(31)16-28-12-14-29(15-13-28)17-21(32)27-30-22(33)24(26-23(30)34)10-6-3-7-11-24/h4-5,8-9H,2-3,6-7,10-17H2,1H3,(H,25,31)(H,26,34)(H,27,32). The summed E-state index contributed by atoms with van der Waals surface area (Å²) >= 11 is 0. The molecule has 2 saturated heterocycles. The number of benzene rings is 1. The van der Waals surface area contributed by atoms with Crippen molar-refractivity contribution in [3.05, 3.63) is 29.8 Å². The van der Waals surface area contributed by atoms with Crippen molar-refractivity contribution in [2.75, 3.05) is 44.6 Å². The van der Waals surface area contributed by atoms with Gasteiger partial charge in [-0.15, -0.1) is 0 Å². The van der Waals surface area contributed by atoms with Crippen molar-refractivity contribution in [2.24, 2.45) is 0 Å². The topological polar surface area (TPSA) is 114 Å². The molecule has 5 amide bonds. The second-order valence-corrected chi connectivity index (χ2v) is 9.36. The summed E-state index contributed by atoms with van der Waals surface area (Å²) in [6.07, 6.45) is 4.91. The zero-order valence-electron chi connectivity index (χ0n) is 19.8. The first-order valence-corrected chi connectivity index (χ1v) is 12.2. The maximum absolute atomic E-state index is 12.8. The molecule has 0 radical (unpaired) electrons. The Morgan fingerprint density at radius 3 is 2.21 bits per heavy atom. The van der Waals surface area contributed by atoms with Gasteiger partial charge in [-0.3, -0.25) is 29.6 Å². The van der Waals surface area contributed by atoms with Gasteiger partial charge in [-0.05, 0) is 30.9 Å². The van der Waals surface area contributed by atoms with E-state index in [2.05, 4.69) is 27.9 Å². The van der Waals surface area contributed by atoms with Crippen molar-refractivity contribution in [2.45, 2.75) is 51.0 Å². The largest absolute Gasteiger partial charge is 0.344 e. The molecule has 10 heteroatoms. The normalized spacial score (nSPS) is 20.9. The fraction of sp³-hybridized carbons (Fsp3) is 0.583. The molecule has 2 heterocycles. The van der Waals surface area contributed by atoms with Gasteiger partial charge in [-0.1, -0.05) is 44.4 Å². The Bertz CT molecular complexity index is 937. The number of imide groups is 1. The van der Waals surface area contributed by atoms with Crippen LogP contribution in [-0.2, 0) is 20.8 Å². The van der Waals surface area contributed by atoms with Gasteiger partial charge in [0.05, 0.1) is 13.1 Å². The number of carbonyl (C=O) groups excluding carboxylic acids is 4. The number of amides is 5. The third-order valence-corrected chi connectivity index (χ3v) is 6.98. The van der Waals surface area contributed by atoms with Crippen molar-refractivity contribution >= 4 is 29.4 Å². The lowest BCUT2D eigenvalue weighted by Crippen LogP contribution is -2.54. The van der Waals surface area contributed by atoms with Crippen LogP contribution >= 0.6 is 0 Å². The molecule has 10 nitrogen and oxygen atoms in total. The molecule has 1 aromatic rings. The molecule has 0 bridgehead atoms. The highest BCUT2D eigenvalue weighted by atomic mass is 16.2. The molecule has 2 aliphatic heterocycles. The predicted octanol–water partition coefficient (Wildman–Crippen LogP) is 1.09. The number of aryl methyl sites for hydroxylation is 1. The van der Waals surface area contributed by atoms with E-state index in [1.54, 1.807) is 0 Å². The summed E-state index contributed by atoms with van der Waals surface area (Å²) in [6.45, 7) is 4.99. The van der Waals surface area contributed by atoms with E-state index in [1.165, 1.54) is 0 Å². The number of hydrogen-bond donors (Lipinski definition) is 3. The number of carbonyl (C=O) groups is 4. The molecule has 0 atom stereocenters. The van der Waals surface area contributed by atoms with Crippen molar-refractivity contribution in [3.63, 3.8) is 0 Å². The molecule has 3 aliphatic rings. The van der Waals surface area contributed by atoms with E-state index >= 15 is 0 Å². The molecule has 0 unspecified atom stereocenters. The second-order valence-electron chi connectivity index (χ2n) is 9.36. The number of nitrogens with one attached hydrogen (secondary N) is 3. The van der Waals surface area contributed by atoms with Gasteiger partial charge >= 0.3 is 6.03 Å². The fourth-order valence-corrected chi connectivity index (χ4v) is 5.03. The molecule has 34 heavy (non-hydrogen) atoms. The summed E-state index contributed by atoms with van der Waals surface area (Å²) in [7, 11) is 0. The third kappa shape index (κ3) is 5.39. The predicted molar refractivity (Wildman–Crippen MR) is 127 cm³/mol. The first kappa shape index (κ1) is 24.2. The van der Waals surface area contributed by atoms with Crippen LogP contribution in [0.25, 0.3) is 0 Å². The molecule has 1 aliphatic carbocycles. The summed E-state index contributed by atoms with van der Waals surface area (Å²) in [4.78, 5) is 54.2. The molecular formula is C24H34N6O4. The number of piperazine rings is 1. The molecule has 4 rings (SSSR count). The average Bonchev–Trinajstić information content (AvgIpc) is 3.04. The smallest absolute Gasteiger partial charge is 0.325 e. The second kappa shape index (κ2) is 10.5. The van der Waals surface area contributed by atoms with E-state index < -0.39 is 17.5 Å². The summed E-state index contributed by atoms with van der Waals surface area (Å²) in [5, 5.41) is 6.63. The molecule has 1 aromatic carbocycles. The quantitative estimate of drug-likeness (QED) is 0.514. The highest BCUT2D eigenvalue weighted by Gasteiger charge is 2.52. The monoisotopic (exact) mass is 470 g/mol. The van der Waals surface area contributed by atoms with E-state index in [4.69, 9.17) is 0 Å². The number of nitrogens with zero attached hydrogens (tertiary/aromatic N) is 3. The van der Waals surface area contributed by atoms with E-state index in [0.717, 1.165) is 41.9 Å². The first-order valence-electron chi connectivity index (χ1n) is 12.2. The Labute approximate surface area is 200 Å². The van der Waals surface area contributed by atoms with Crippen LogP contribution in [0.1, 0.15) is 44.6 Å². The Morgan fingerprint density at radius 2 is 1.56 bits per heavy atom. The van der Waals surface area contributed by atoms with Gasteiger partial charge in [0, 0.05) is 31.9 Å². The van der Waals surface area contributed by atoms with Crippen LogP contribution in [0.4, 0.5) is 10.5 Å². The highest BCUT2D eigenvalue weighted by Crippen LogP contribution is 2.33. The molecular weight excluding hydrogens is 436 g/mol. The molecule has 0 aromatic heterocycles. The van der Waals surface area contributed by atoms with Gasteiger partial charge in [0.25, 0.3) is 11.8 Å². The number of hydrogen-bond acceptors (Lipinski definition) is 6. The van der Waals surface area contributed by atoms with Crippen molar-refractivity contribution < 1.29 is 19.2 Å². The zero-order valence-corrected chi connectivity index (χ0v) is 19.8. The fourth-order valence-electron chi connectivity index (χ4n) is 5.03. The number of para-hydroxylation sites is 1. The van der Waals surface area contributed by atoms with E-state index in [-0.39, 0.29) is 18.4 Å². The van der Waals surface area contributed by atoms with Gasteiger partial charge in [-0.2, -0.15) is 5.01 Å². The van der Waals surface area contributed by atoms with Gasteiger partial charge in [0.15, 0.2) is 0 Å². The molecule has 1 spiro atoms. The minimum Gasteiger partial charge on any atom is -0.325 e. The Balaban J connectivity index is 1.20. The van der Waals surface area contributed by atoms with Crippen LogP contribution in [0.2, 0.25) is 0 Å². The Kier molecular flexibility index (Phi) is 7.47.